The standard InChI is InChI=1S/C22H30N6O2/c1-16-20-21(26(3)24-16)22(30)23-17-8-4-5-9-18(17)28(20)19(29)10-6-7-11-27-14-12-25(2)13-15-27/h4-5,8-9H,6-7,10-15H2,1-3H3,(H,23,30). The fourth-order valence-corrected chi connectivity index (χ4v) is 4.30. The predicted molar refractivity (Wildman–Crippen MR) is 117 cm³/mol. The molecule has 0 radical (unpaired) electrons. The van der Waals surface area contributed by atoms with Crippen LogP contribution in [0.25, 0.3) is 0 Å². The number of benzene rings is 1. The van der Waals surface area contributed by atoms with Crippen LogP contribution < -0.4 is 10.2 Å². The van der Waals surface area contributed by atoms with Gasteiger partial charge in [0.15, 0.2) is 5.69 Å². The van der Waals surface area contributed by atoms with Crippen molar-refractivity contribution in [2.75, 3.05) is 50.0 Å². The van der Waals surface area contributed by atoms with E-state index in [9.17, 15) is 9.59 Å². The first-order chi connectivity index (χ1) is 14.5. The molecular formula is C22H30N6O2. The lowest BCUT2D eigenvalue weighted by atomic mass is 10.1. The van der Waals surface area contributed by atoms with Crippen molar-refractivity contribution >= 4 is 28.9 Å². The van der Waals surface area contributed by atoms with E-state index < -0.39 is 0 Å². The fraction of sp³-hybridized carbons (Fsp3) is 0.500. The highest BCUT2D eigenvalue weighted by molar-refractivity contribution is 6.17. The summed E-state index contributed by atoms with van der Waals surface area (Å²) >= 11 is 0. The van der Waals surface area contributed by atoms with Gasteiger partial charge < -0.3 is 15.1 Å². The number of anilines is 3. The van der Waals surface area contributed by atoms with E-state index in [-0.39, 0.29) is 11.8 Å². The van der Waals surface area contributed by atoms with Gasteiger partial charge in [0.05, 0.1) is 17.1 Å². The number of nitrogens with zero attached hydrogens (tertiary/aromatic N) is 5. The Balaban J connectivity index is 1.50. The van der Waals surface area contributed by atoms with Crippen molar-refractivity contribution in [2.45, 2.75) is 26.2 Å². The second kappa shape index (κ2) is 8.57. The summed E-state index contributed by atoms with van der Waals surface area (Å²) in [6, 6.07) is 7.45. The third kappa shape index (κ3) is 3.97. The topological polar surface area (TPSA) is 73.7 Å². The predicted octanol–water partition coefficient (Wildman–Crippen LogP) is 2.38. The van der Waals surface area contributed by atoms with Gasteiger partial charge in [-0.2, -0.15) is 5.10 Å². The Hall–Kier alpha value is -2.71. The largest absolute Gasteiger partial charge is 0.319 e. The highest BCUT2D eigenvalue weighted by Gasteiger charge is 2.33. The molecule has 2 aromatic rings. The number of carbonyl (C=O) groups excluding carboxylic acids is 2. The molecule has 8 heteroatoms. The zero-order valence-electron chi connectivity index (χ0n) is 18.0. The van der Waals surface area contributed by atoms with Crippen LogP contribution >= 0.6 is 0 Å². The second-order valence-corrected chi connectivity index (χ2v) is 8.21. The number of unbranched alkanes of at least 4 members (excludes halogenated alkanes) is 1. The van der Waals surface area contributed by atoms with Gasteiger partial charge in [-0.1, -0.05) is 12.1 Å². The van der Waals surface area contributed by atoms with Crippen LogP contribution in [0.4, 0.5) is 17.1 Å². The third-order valence-electron chi connectivity index (χ3n) is 5.98. The van der Waals surface area contributed by atoms with Crippen LogP contribution in [0.1, 0.15) is 35.4 Å². The molecule has 1 N–H and O–H groups in total. The molecular weight excluding hydrogens is 380 g/mol. The summed E-state index contributed by atoms with van der Waals surface area (Å²) in [5, 5.41) is 7.33. The van der Waals surface area contributed by atoms with Crippen LogP contribution in [0.5, 0.6) is 0 Å². The van der Waals surface area contributed by atoms with Crippen molar-refractivity contribution in [2.24, 2.45) is 7.05 Å². The van der Waals surface area contributed by atoms with E-state index in [0.29, 0.717) is 34.9 Å². The number of hydrogen-bond acceptors (Lipinski definition) is 5. The fourth-order valence-electron chi connectivity index (χ4n) is 4.30. The molecule has 1 aromatic heterocycles. The van der Waals surface area contributed by atoms with E-state index in [4.69, 9.17) is 0 Å². The van der Waals surface area contributed by atoms with Crippen molar-refractivity contribution < 1.29 is 9.59 Å². The van der Waals surface area contributed by atoms with Gasteiger partial charge in [-0.3, -0.25) is 19.2 Å². The number of rotatable bonds is 5. The van der Waals surface area contributed by atoms with E-state index in [1.54, 1.807) is 16.6 Å². The van der Waals surface area contributed by atoms with E-state index >= 15 is 0 Å². The summed E-state index contributed by atoms with van der Waals surface area (Å²) in [6.07, 6.45) is 2.24. The SMILES string of the molecule is Cc1nn(C)c2c1N(C(=O)CCCCN1CCN(C)CC1)c1ccccc1NC2=O. The van der Waals surface area contributed by atoms with Gasteiger partial charge in [-0.15, -0.1) is 0 Å². The molecule has 1 fully saturated rings. The van der Waals surface area contributed by atoms with Crippen molar-refractivity contribution in [3.63, 3.8) is 0 Å². The lowest BCUT2D eigenvalue weighted by Crippen LogP contribution is -2.44. The molecule has 160 valence electrons. The summed E-state index contributed by atoms with van der Waals surface area (Å²) in [5.41, 5.74) is 3.01. The van der Waals surface area contributed by atoms with Crippen molar-refractivity contribution in [3.8, 4) is 0 Å². The Morgan fingerprint density at radius 2 is 1.83 bits per heavy atom. The normalized spacial score (nSPS) is 17.3. The number of aryl methyl sites for hydroxylation is 2. The van der Waals surface area contributed by atoms with Gasteiger partial charge in [-0.05, 0) is 45.5 Å². The van der Waals surface area contributed by atoms with E-state index in [2.05, 4.69) is 27.3 Å². The molecule has 0 spiro atoms. The number of hydrogen-bond donors (Lipinski definition) is 1. The molecule has 3 heterocycles. The molecule has 0 unspecified atom stereocenters. The summed E-state index contributed by atoms with van der Waals surface area (Å²) in [4.78, 5) is 32.7. The second-order valence-electron chi connectivity index (χ2n) is 8.21. The zero-order valence-corrected chi connectivity index (χ0v) is 18.0. The van der Waals surface area contributed by atoms with Crippen LogP contribution in [0.2, 0.25) is 0 Å². The number of likely N-dealkylation sites (N-methyl/N-ethyl adjacent to an activating group) is 1. The van der Waals surface area contributed by atoms with Gasteiger partial charge in [0.25, 0.3) is 5.91 Å². The van der Waals surface area contributed by atoms with Crippen LogP contribution in [-0.4, -0.2) is 71.2 Å². The van der Waals surface area contributed by atoms with Crippen LogP contribution in [0, 0.1) is 6.92 Å². The van der Waals surface area contributed by atoms with Gasteiger partial charge in [0.1, 0.15) is 5.69 Å². The maximum atomic E-state index is 13.4. The third-order valence-corrected chi connectivity index (χ3v) is 5.98. The molecule has 0 aliphatic carbocycles. The molecule has 4 rings (SSSR count). The summed E-state index contributed by atoms with van der Waals surface area (Å²) in [5.74, 6) is -0.249. The molecule has 0 saturated carbocycles. The van der Waals surface area contributed by atoms with Crippen molar-refractivity contribution in [1.29, 1.82) is 0 Å². The Labute approximate surface area is 177 Å². The molecule has 8 nitrogen and oxygen atoms in total. The maximum Gasteiger partial charge on any atom is 0.276 e. The Bertz CT molecular complexity index is 945. The highest BCUT2D eigenvalue weighted by Crippen LogP contribution is 2.39. The van der Waals surface area contributed by atoms with Crippen molar-refractivity contribution in [1.82, 2.24) is 19.6 Å². The summed E-state index contributed by atoms with van der Waals surface area (Å²) in [6.45, 7) is 7.26. The summed E-state index contributed by atoms with van der Waals surface area (Å²) in [7, 11) is 3.89. The number of piperazine rings is 1. The van der Waals surface area contributed by atoms with Gasteiger partial charge in [0, 0.05) is 39.6 Å². The minimum atomic E-state index is -0.245. The van der Waals surface area contributed by atoms with Gasteiger partial charge >= 0.3 is 0 Å². The Kier molecular flexibility index (Phi) is 5.87. The van der Waals surface area contributed by atoms with Gasteiger partial charge in [0.2, 0.25) is 5.91 Å². The van der Waals surface area contributed by atoms with E-state index in [1.807, 2.05) is 31.2 Å². The van der Waals surface area contributed by atoms with Crippen LogP contribution in [-0.2, 0) is 11.8 Å². The highest BCUT2D eigenvalue weighted by atomic mass is 16.2. The molecule has 2 aliphatic rings. The summed E-state index contributed by atoms with van der Waals surface area (Å²) < 4.78 is 1.56. The number of aromatic nitrogens is 2. The van der Waals surface area contributed by atoms with Crippen molar-refractivity contribution in [3.05, 3.63) is 35.7 Å². The first-order valence-corrected chi connectivity index (χ1v) is 10.6. The molecule has 2 aliphatic heterocycles. The average Bonchev–Trinajstić information content (AvgIpc) is 2.93. The smallest absolute Gasteiger partial charge is 0.276 e. The molecule has 1 saturated heterocycles. The molecule has 1 aromatic carbocycles. The van der Waals surface area contributed by atoms with Crippen LogP contribution in [0.3, 0.4) is 0 Å². The Morgan fingerprint density at radius 1 is 1.10 bits per heavy atom. The molecule has 30 heavy (non-hydrogen) atoms. The van der Waals surface area contributed by atoms with Crippen LogP contribution in [0.15, 0.2) is 24.3 Å². The Morgan fingerprint density at radius 3 is 2.60 bits per heavy atom. The number of amides is 2. The lowest BCUT2D eigenvalue weighted by molar-refractivity contribution is -0.118. The number of nitrogens with one attached hydrogen (secondary N) is 1. The quantitative estimate of drug-likeness (QED) is 0.766. The van der Waals surface area contributed by atoms with E-state index in [0.717, 1.165) is 45.6 Å². The average molecular weight is 411 g/mol. The minimum Gasteiger partial charge on any atom is -0.319 e. The number of para-hydroxylation sites is 2. The number of fused-ring (bicyclic) bond motifs is 2. The molecule has 0 atom stereocenters. The maximum absolute atomic E-state index is 13.4. The van der Waals surface area contributed by atoms with E-state index in [1.165, 1.54) is 0 Å². The van der Waals surface area contributed by atoms with Gasteiger partial charge in [-0.25, -0.2) is 0 Å². The molecule has 0 bridgehead atoms. The minimum absolute atomic E-state index is 0.00493. The monoisotopic (exact) mass is 410 g/mol. The molecule has 2 amide bonds. The first-order valence-electron chi connectivity index (χ1n) is 10.6. The number of carbonyl (C=O) groups is 2. The first kappa shape index (κ1) is 20.6. The zero-order chi connectivity index (χ0) is 21.3. The lowest BCUT2D eigenvalue weighted by Gasteiger charge is -2.32.